The molecule has 8 aliphatic rings. The summed E-state index contributed by atoms with van der Waals surface area (Å²) in [7, 11) is 0. The number of fused-ring (bicyclic) bond motifs is 8. The molecule has 0 bridgehead atoms. The number of ether oxygens (including phenoxy) is 4. The highest BCUT2D eigenvalue weighted by molar-refractivity contribution is 8.01. The summed E-state index contributed by atoms with van der Waals surface area (Å²) in [4.78, 5) is 36.5. The molecular formula is C31H41NO9S. The molecule has 11 heteroatoms. The number of hydrogen-bond acceptors (Lipinski definition) is 10. The lowest BCUT2D eigenvalue weighted by Gasteiger charge is -2.65. The molecule has 0 aromatic carbocycles. The van der Waals surface area contributed by atoms with E-state index in [0.29, 0.717) is 32.3 Å². The van der Waals surface area contributed by atoms with Gasteiger partial charge < -0.3 is 39.3 Å². The van der Waals surface area contributed by atoms with Crippen LogP contribution in [0.15, 0.2) is 11.6 Å². The first-order chi connectivity index (χ1) is 20.0. The Morgan fingerprint density at radius 3 is 2.60 bits per heavy atom. The van der Waals surface area contributed by atoms with Crippen molar-refractivity contribution >= 4 is 29.9 Å². The lowest BCUT2D eigenvalue weighted by Crippen LogP contribution is -2.76. The van der Waals surface area contributed by atoms with Crippen LogP contribution >= 0.6 is 11.8 Å². The molecule has 1 spiro atoms. The Morgan fingerprint density at radius 1 is 1.05 bits per heavy atom. The third-order valence-corrected chi connectivity index (χ3v) is 14.5. The zero-order valence-electron chi connectivity index (χ0n) is 24.2. The Morgan fingerprint density at radius 2 is 1.88 bits per heavy atom. The van der Waals surface area contributed by atoms with E-state index in [4.69, 9.17) is 18.9 Å². The van der Waals surface area contributed by atoms with Crippen LogP contribution in [-0.2, 0) is 33.3 Å². The van der Waals surface area contributed by atoms with Crippen molar-refractivity contribution in [2.24, 2.45) is 34.5 Å². The van der Waals surface area contributed by atoms with Gasteiger partial charge in [0.1, 0.15) is 17.8 Å². The molecular weight excluding hydrogens is 562 g/mol. The number of carbonyl (C=O) groups excluding carboxylic acids is 3. The van der Waals surface area contributed by atoms with E-state index in [1.165, 1.54) is 11.8 Å². The summed E-state index contributed by atoms with van der Waals surface area (Å²) in [5, 5.41) is 27.6. The van der Waals surface area contributed by atoms with Gasteiger partial charge in [0.15, 0.2) is 0 Å². The first-order valence-electron chi connectivity index (χ1n) is 15.7. The Hall–Kier alpha value is -1.50. The van der Waals surface area contributed by atoms with Crippen LogP contribution in [0.2, 0.25) is 0 Å². The third-order valence-electron chi connectivity index (χ3n) is 13.0. The van der Waals surface area contributed by atoms with Crippen LogP contribution in [0, 0.1) is 34.5 Å². The lowest BCUT2D eigenvalue weighted by atomic mass is 9.42. The van der Waals surface area contributed by atoms with Gasteiger partial charge in [0, 0.05) is 23.3 Å². The number of esters is 1. The molecule has 4 aliphatic heterocycles. The molecule has 230 valence electrons. The largest absolute Gasteiger partial charge is 0.458 e. The van der Waals surface area contributed by atoms with Gasteiger partial charge in [-0.15, -0.1) is 11.8 Å². The molecule has 4 heterocycles. The van der Waals surface area contributed by atoms with Gasteiger partial charge in [-0.3, -0.25) is 4.79 Å². The summed E-state index contributed by atoms with van der Waals surface area (Å²) in [5.74, 6) is -2.03. The van der Waals surface area contributed by atoms with Crippen LogP contribution in [0.4, 0.5) is 0 Å². The predicted octanol–water partition coefficient (Wildman–Crippen LogP) is 2.20. The molecule has 0 aromatic rings. The van der Waals surface area contributed by atoms with Crippen molar-refractivity contribution in [3.05, 3.63) is 11.6 Å². The van der Waals surface area contributed by atoms with Crippen molar-refractivity contribution in [1.82, 2.24) is 5.32 Å². The molecule has 4 aliphatic carbocycles. The SMILES string of the molecule is C[C@@H]1C[C@@]2(NC(=O)CS2)[C@]2(O)O[C@@H]3C[C@@]4(C=O)[C@@H](CC[C@@H]5[C@@H]4CC[C@]4(C)[C@@H](C6=CC(=O)OC6)CC[C@]54O)C[C@H]3O[C@@H]2O1. The summed E-state index contributed by atoms with van der Waals surface area (Å²) < 4.78 is 24.4. The minimum absolute atomic E-state index is 0.0184. The number of nitrogens with one attached hydrogen (secondary N) is 1. The number of cyclic esters (lactones) is 1. The number of aldehydes is 1. The number of hydrogen-bond donors (Lipinski definition) is 3. The Balaban J connectivity index is 1.10. The molecule has 7 fully saturated rings. The maximum Gasteiger partial charge on any atom is 0.331 e. The van der Waals surface area contributed by atoms with E-state index in [1.807, 2.05) is 6.92 Å². The number of aliphatic hydroxyl groups is 2. The van der Waals surface area contributed by atoms with Crippen LogP contribution < -0.4 is 5.32 Å². The van der Waals surface area contributed by atoms with Crippen molar-refractivity contribution < 1.29 is 43.5 Å². The smallest absolute Gasteiger partial charge is 0.331 e. The quantitative estimate of drug-likeness (QED) is 0.244. The van der Waals surface area contributed by atoms with E-state index in [-0.39, 0.29) is 53.5 Å². The van der Waals surface area contributed by atoms with Crippen molar-refractivity contribution in [3.8, 4) is 0 Å². The Kier molecular flexibility index (Phi) is 6.02. The molecule has 13 atom stereocenters. The Labute approximate surface area is 249 Å². The topological polar surface area (TPSA) is 141 Å². The average Bonchev–Trinajstić information content (AvgIpc) is 3.62. The summed E-state index contributed by atoms with van der Waals surface area (Å²) >= 11 is 1.33. The first-order valence-corrected chi connectivity index (χ1v) is 16.7. The van der Waals surface area contributed by atoms with Gasteiger partial charge in [0.2, 0.25) is 12.2 Å². The van der Waals surface area contributed by atoms with E-state index in [9.17, 15) is 24.6 Å². The minimum atomic E-state index is -1.89. The average molecular weight is 604 g/mol. The van der Waals surface area contributed by atoms with Gasteiger partial charge in [-0.1, -0.05) is 6.92 Å². The summed E-state index contributed by atoms with van der Waals surface area (Å²) in [6.07, 6.45) is 6.63. The van der Waals surface area contributed by atoms with Crippen molar-refractivity contribution in [2.75, 3.05) is 12.4 Å². The predicted molar refractivity (Wildman–Crippen MR) is 148 cm³/mol. The van der Waals surface area contributed by atoms with E-state index in [1.54, 1.807) is 6.08 Å². The third kappa shape index (κ3) is 3.44. The molecule has 4 saturated carbocycles. The molecule has 8 rings (SSSR count). The van der Waals surface area contributed by atoms with E-state index in [2.05, 4.69) is 12.2 Å². The van der Waals surface area contributed by atoms with Crippen LogP contribution in [0.3, 0.4) is 0 Å². The van der Waals surface area contributed by atoms with E-state index in [0.717, 1.165) is 44.0 Å². The maximum absolute atomic E-state index is 13.3. The van der Waals surface area contributed by atoms with Crippen LogP contribution in [-0.4, -0.2) is 81.6 Å². The zero-order valence-corrected chi connectivity index (χ0v) is 25.0. The fraction of sp³-hybridized carbons (Fsp3) is 0.839. The monoisotopic (exact) mass is 603 g/mol. The normalized spacial score (nSPS) is 56.3. The second-order valence-electron chi connectivity index (χ2n) is 14.6. The second kappa shape index (κ2) is 9.03. The molecule has 42 heavy (non-hydrogen) atoms. The maximum atomic E-state index is 13.3. The fourth-order valence-corrected chi connectivity index (χ4v) is 12.4. The Bertz CT molecular complexity index is 1260. The van der Waals surface area contributed by atoms with Crippen molar-refractivity contribution in [3.63, 3.8) is 0 Å². The van der Waals surface area contributed by atoms with E-state index < -0.39 is 39.5 Å². The minimum Gasteiger partial charge on any atom is -0.458 e. The molecule has 10 nitrogen and oxygen atoms in total. The molecule has 3 N–H and O–H groups in total. The van der Waals surface area contributed by atoms with E-state index >= 15 is 0 Å². The fourth-order valence-electron chi connectivity index (χ4n) is 11.1. The van der Waals surface area contributed by atoms with Crippen molar-refractivity contribution in [1.29, 1.82) is 0 Å². The lowest BCUT2D eigenvalue weighted by molar-refractivity contribution is -0.447. The number of rotatable bonds is 2. The molecule has 0 aromatic heterocycles. The van der Waals surface area contributed by atoms with Gasteiger partial charge in [-0.2, -0.15) is 0 Å². The van der Waals surface area contributed by atoms with Crippen molar-refractivity contribution in [2.45, 2.75) is 112 Å². The molecule has 0 unspecified atom stereocenters. The van der Waals surface area contributed by atoms with Gasteiger partial charge in [0.25, 0.3) is 5.79 Å². The van der Waals surface area contributed by atoms with Gasteiger partial charge >= 0.3 is 5.97 Å². The summed E-state index contributed by atoms with van der Waals surface area (Å²) in [5.41, 5.74) is -1.06. The highest BCUT2D eigenvalue weighted by Crippen LogP contribution is 2.70. The highest BCUT2D eigenvalue weighted by Gasteiger charge is 2.73. The molecule has 1 amide bonds. The second-order valence-corrected chi connectivity index (χ2v) is 15.9. The number of carbonyl (C=O) groups is 3. The van der Waals surface area contributed by atoms with Gasteiger partial charge in [0.05, 0.1) is 29.7 Å². The van der Waals surface area contributed by atoms with Crippen LogP contribution in [0.25, 0.3) is 0 Å². The highest BCUT2D eigenvalue weighted by atomic mass is 32.2. The molecule has 0 radical (unpaired) electrons. The van der Waals surface area contributed by atoms with Gasteiger partial charge in [-0.05, 0) is 87.5 Å². The zero-order chi connectivity index (χ0) is 29.3. The summed E-state index contributed by atoms with van der Waals surface area (Å²) in [6, 6.07) is 0. The van der Waals surface area contributed by atoms with Crippen LogP contribution in [0.1, 0.15) is 71.6 Å². The number of thioether (sulfide) groups is 1. The molecule has 3 saturated heterocycles. The number of amides is 1. The summed E-state index contributed by atoms with van der Waals surface area (Å²) in [6.45, 7) is 4.38. The standard InChI is InChI=1S/C31H41NO9S/c1-16-11-30(32-24(34)14-42-30)31(37)26(39-16)40-22-10-18-3-4-21-20(28(18,15-33)12-23(22)41-31)5-7-27(2)19(6-8-29(21,27)36)17-9-25(35)38-13-17/h9,15-16,18-23,26,36-37H,3-8,10-14H2,1-2H3,(H,32,34)/t16-,18+,19-,20+,21-,22-,23-,26+,27-,28-,29+,30+,31-/m1/s1. The van der Waals surface area contributed by atoms with Gasteiger partial charge in [-0.25, -0.2) is 4.79 Å². The van der Waals surface area contributed by atoms with Crippen LogP contribution in [0.5, 0.6) is 0 Å². The first kappa shape index (κ1) is 28.0.